The molecule has 0 nitrogen and oxygen atoms in total. The molecule has 0 aliphatic heterocycles. The van der Waals surface area contributed by atoms with Gasteiger partial charge in [0.1, 0.15) is 0 Å². The topological polar surface area (TPSA) is 0 Å². The molecular formula is C17H32. The second kappa shape index (κ2) is 3.75. The Morgan fingerprint density at radius 2 is 1.65 bits per heavy atom. The summed E-state index contributed by atoms with van der Waals surface area (Å²) in [6.45, 7) is 17.3. The zero-order valence-electron chi connectivity index (χ0n) is 13.1. The molecule has 0 heteroatoms. The molecule has 0 spiro atoms. The van der Waals surface area contributed by atoms with Gasteiger partial charge in [0, 0.05) is 0 Å². The van der Waals surface area contributed by atoms with Crippen LogP contribution in [0, 0.1) is 34.0 Å². The Morgan fingerprint density at radius 1 is 1.06 bits per heavy atom. The summed E-state index contributed by atoms with van der Waals surface area (Å²) in [5.74, 6) is 2.95. The van der Waals surface area contributed by atoms with E-state index in [4.69, 9.17) is 0 Å². The Labute approximate surface area is 109 Å². The number of hydrogen-bond acceptors (Lipinski definition) is 0. The van der Waals surface area contributed by atoms with E-state index in [0.717, 1.165) is 17.8 Å². The molecule has 0 aromatic heterocycles. The summed E-state index contributed by atoms with van der Waals surface area (Å²) in [6, 6.07) is 0. The van der Waals surface area contributed by atoms with Crippen LogP contribution in [0.2, 0.25) is 0 Å². The van der Waals surface area contributed by atoms with Crippen molar-refractivity contribution in [1.29, 1.82) is 0 Å². The van der Waals surface area contributed by atoms with Gasteiger partial charge in [-0.05, 0) is 59.7 Å². The van der Waals surface area contributed by atoms with Crippen LogP contribution in [-0.4, -0.2) is 0 Å². The minimum atomic E-state index is 0.493. The highest BCUT2D eigenvalue weighted by molar-refractivity contribution is 5.10. The van der Waals surface area contributed by atoms with Crippen LogP contribution in [0.3, 0.4) is 0 Å². The molecule has 17 heavy (non-hydrogen) atoms. The van der Waals surface area contributed by atoms with Crippen LogP contribution < -0.4 is 0 Å². The zero-order chi connectivity index (χ0) is 13.1. The van der Waals surface area contributed by atoms with Crippen molar-refractivity contribution in [2.45, 2.75) is 74.1 Å². The molecule has 2 fully saturated rings. The first-order valence-corrected chi connectivity index (χ1v) is 7.58. The molecule has 0 aromatic rings. The van der Waals surface area contributed by atoms with Gasteiger partial charge in [-0.1, -0.05) is 48.5 Å². The standard InChI is InChI=1S/C17H32/c1-12-10-13-11-14(12)16(5,6)17(13,7)9-8-15(2,3)4/h12-14H,8-11H2,1-7H3. The fraction of sp³-hybridized carbons (Fsp3) is 1.00. The predicted molar refractivity (Wildman–Crippen MR) is 76.0 cm³/mol. The van der Waals surface area contributed by atoms with E-state index in [9.17, 15) is 0 Å². The van der Waals surface area contributed by atoms with Gasteiger partial charge in [-0.2, -0.15) is 0 Å². The van der Waals surface area contributed by atoms with Gasteiger partial charge in [-0.25, -0.2) is 0 Å². The first-order valence-electron chi connectivity index (χ1n) is 7.58. The summed E-state index contributed by atoms with van der Waals surface area (Å²) in [5, 5.41) is 0. The average molecular weight is 236 g/mol. The van der Waals surface area contributed by atoms with E-state index in [2.05, 4.69) is 48.5 Å². The highest BCUT2D eigenvalue weighted by atomic mass is 14.7. The van der Waals surface area contributed by atoms with Gasteiger partial charge in [-0.15, -0.1) is 0 Å². The van der Waals surface area contributed by atoms with E-state index >= 15 is 0 Å². The molecule has 4 atom stereocenters. The summed E-state index contributed by atoms with van der Waals surface area (Å²) in [6.07, 6.45) is 5.81. The Hall–Kier alpha value is 0. The first kappa shape index (κ1) is 13.4. The summed E-state index contributed by atoms with van der Waals surface area (Å²) in [5.41, 5.74) is 1.64. The van der Waals surface area contributed by atoms with Crippen molar-refractivity contribution >= 4 is 0 Å². The van der Waals surface area contributed by atoms with Gasteiger partial charge >= 0.3 is 0 Å². The fourth-order valence-corrected chi connectivity index (χ4v) is 4.88. The fourth-order valence-electron chi connectivity index (χ4n) is 4.88. The average Bonchev–Trinajstić information content (AvgIpc) is 2.62. The molecule has 0 radical (unpaired) electrons. The largest absolute Gasteiger partial charge is 0.0622 e. The highest BCUT2D eigenvalue weighted by Crippen LogP contribution is 2.69. The number of hydrogen-bond donors (Lipinski definition) is 0. The lowest BCUT2D eigenvalue weighted by atomic mass is 9.54. The monoisotopic (exact) mass is 236 g/mol. The lowest BCUT2D eigenvalue weighted by Gasteiger charge is -2.51. The van der Waals surface area contributed by atoms with Crippen molar-refractivity contribution < 1.29 is 0 Å². The van der Waals surface area contributed by atoms with E-state index < -0.39 is 0 Å². The van der Waals surface area contributed by atoms with Gasteiger partial charge in [0.25, 0.3) is 0 Å². The van der Waals surface area contributed by atoms with Crippen molar-refractivity contribution in [1.82, 2.24) is 0 Å². The van der Waals surface area contributed by atoms with Gasteiger partial charge in [0.2, 0.25) is 0 Å². The SMILES string of the molecule is CC1CC2CC1C(C)(C)C2(C)CCC(C)(C)C. The third-order valence-electron chi connectivity index (χ3n) is 6.58. The molecule has 4 unspecified atom stereocenters. The summed E-state index contributed by atoms with van der Waals surface area (Å²) >= 11 is 0. The summed E-state index contributed by atoms with van der Waals surface area (Å²) in [7, 11) is 0. The van der Waals surface area contributed by atoms with Crippen molar-refractivity contribution in [2.24, 2.45) is 34.0 Å². The Kier molecular flexibility index (Phi) is 2.96. The molecular weight excluding hydrogens is 204 g/mol. The van der Waals surface area contributed by atoms with Crippen LogP contribution >= 0.6 is 0 Å². The molecule has 0 N–H and O–H groups in total. The first-order chi connectivity index (χ1) is 7.58. The zero-order valence-corrected chi connectivity index (χ0v) is 13.1. The molecule has 0 aromatic carbocycles. The molecule has 2 aliphatic carbocycles. The van der Waals surface area contributed by atoms with E-state index in [1.54, 1.807) is 0 Å². The van der Waals surface area contributed by atoms with Crippen molar-refractivity contribution in [2.75, 3.05) is 0 Å². The van der Waals surface area contributed by atoms with Gasteiger partial charge in [-0.3, -0.25) is 0 Å². The smallest absolute Gasteiger partial charge is 0.0243 e. The van der Waals surface area contributed by atoms with Crippen molar-refractivity contribution in [3.8, 4) is 0 Å². The molecule has 0 heterocycles. The van der Waals surface area contributed by atoms with Gasteiger partial charge in [0.05, 0.1) is 0 Å². The number of fused-ring (bicyclic) bond motifs is 2. The summed E-state index contributed by atoms with van der Waals surface area (Å²) < 4.78 is 0. The Balaban J connectivity index is 2.15. The normalized spacial score (nSPS) is 44.3. The Morgan fingerprint density at radius 3 is 2.06 bits per heavy atom. The van der Waals surface area contributed by atoms with Gasteiger partial charge in [0.15, 0.2) is 0 Å². The quantitative estimate of drug-likeness (QED) is 0.592. The van der Waals surface area contributed by atoms with Crippen LogP contribution in [0.25, 0.3) is 0 Å². The Bertz CT molecular complexity index is 294. The third-order valence-corrected chi connectivity index (χ3v) is 6.58. The molecule has 0 saturated heterocycles. The second-order valence-electron chi connectivity index (χ2n) is 8.95. The molecule has 2 aliphatic rings. The van der Waals surface area contributed by atoms with Crippen LogP contribution in [-0.2, 0) is 0 Å². The van der Waals surface area contributed by atoms with E-state index in [1.807, 2.05) is 0 Å². The maximum absolute atomic E-state index is 2.59. The van der Waals surface area contributed by atoms with E-state index in [1.165, 1.54) is 25.7 Å². The lowest BCUT2D eigenvalue weighted by molar-refractivity contribution is -0.0183. The molecule has 0 amide bonds. The maximum atomic E-state index is 2.59. The minimum Gasteiger partial charge on any atom is -0.0622 e. The van der Waals surface area contributed by atoms with Crippen LogP contribution in [0.4, 0.5) is 0 Å². The van der Waals surface area contributed by atoms with Crippen molar-refractivity contribution in [3.63, 3.8) is 0 Å². The summed E-state index contributed by atoms with van der Waals surface area (Å²) in [4.78, 5) is 0. The van der Waals surface area contributed by atoms with E-state index in [-0.39, 0.29) is 0 Å². The van der Waals surface area contributed by atoms with Crippen LogP contribution in [0.1, 0.15) is 74.1 Å². The maximum Gasteiger partial charge on any atom is -0.0243 e. The molecule has 2 bridgehead atoms. The van der Waals surface area contributed by atoms with Crippen molar-refractivity contribution in [3.05, 3.63) is 0 Å². The van der Waals surface area contributed by atoms with Crippen LogP contribution in [0.5, 0.6) is 0 Å². The molecule has 2 saturated carbocycles. The molecule has 100 valence electrons. The number of rotatable bonds is 2. The van der Waals surface area contributed by atoms with Gasteiger partial charge < -0.3 is 0 Å². The van der Waals surface area contributed by atoms with E-state index in [0.29, 0.717) is 16.2 Å². The molecule has 2 rings (SSSR count). The van der Waals surface area contributed by atoms with Crippen LogP contribution in [0.15, 0.2) is 0 Å². The highest BCUT2D eigenvalue weighted by Gasteiger charge is 2.61. The second-order valence-corrected chi connectivity index (χ2v) is 8.95. The third kappa shape index (κ3) is 1.96. The lowest BCUT2D eigenvalue weighted by Crippen LogP contribution is -2.43. The predicted octanol–water partition coefficient (Wildman–Crippen LogP) is 5.52. The minimum absolute atomic E-state index is 0.493.